The zero-order valence-electron chi connectivity index (χ0n) is 17.4. The second kappa shape index (κ2) is 7.63. The van der Waals surface area contributed by atoms with E-state index in [0.717, 1.165) is 57.1 Å². The third-order valence-electron chi connectivity index (χ3n) is 7.23. The molecule has 1 atom stereocenters. The van der Waals surface area contributed by atoms with Gasteiger partial charge < -0.3 is 15.0 Å². The predicted octanol–water partition coefficient (Wildman–Crippen LogP) is 4.60. The van der Waals surface area contributed by atoms with Crippen LogP contribution in [0.4, 0.5) is 4.79 Å². The monoisotopic (exact) mass is 396 g/mol. The van der Waals surface area contributed by atoms with E-state index in [1.807, 2.05) is 4.90 Å². The minimum absolute atomic E-state index is 0.0337. The van der Waals surface area contributed by atoms with Gasteiger partial charge in [-0.2, -0.15) is 5.10 Å². The number of nitrogens with one attached hydrogen (secondary N) is 2. The minimum atomic E-state index is -0.113. The molecule has 0 bridgehead atoms. The molecular formula is C23H32N4O2. The van der Waals surface area contributed by atoms with Crippen molar-refractivity contribution in [2.75, 3.05) is 13.1 Å². The van der Waals surface area contributed by atoms with Gasteiger partial charge in [0, 0.05) is 30.1 Å². The number of carbonyl (C=O) groups is 1. The lowest BCUT2D eigenvalue weighted by Gasteiger charge is -2.34. The Bertz CT molecular complexity index is 878. The molecule has 156 valence electrons. The van der Waals surface area contributed by atoms with E-state index in [0.29, 0.717) is 5.92 Å². The van der Waals surface area contributed by atoms with E-state index in [9.17, 15) is 4.79 Å². The number of nitrogens with zero attached hydrogens (tertiary/aromatic N) is 2. The Kier molecular flexibility index (Phi) is 4.98. The van der Waals surface area contributed by atoms with Crippen LogP contribution in [-0.4, -0.2) is 46.0 Å². The van der Waals surface area contributed by atoms with Crippen LogP contribution in [0.3, 0.4) is 0 Å². The predicted molar refractivity (Wildman–Crippen MR) is 113 cm³/mol. The number of aromatic nitrogens is 2. The molecule has 1 aliphatic carbocycles. The number of aryl methyl sites for hydroxylation is 1. The number of urea groups is 1. The van der Waals surface area contributed by atoms with E-state index in [4.69, 9.17) is 4.74 Å². The number of hydrogen-bond donors (Lipinski definition) is 2. The molecule has 1 unspecified atom stereocenters. The van der Waals surface area contributed by atoms with Gasteiger partial charge in [-0.25, -0.2) is 4.79 Å². The van der Waals surface area contributed by atoms with Crippen molar-refractivity contribution in [3.63, 3.8) is 0 Å². The molecule has 6 heteroatoms. The molecule has 2 aliphatic heterocycles. The summed E-state index contributed by atoms with van der Waals surface area (Å²) in [6, 6.07) is 6.47. The van der Waals surface area contributed by atoms with E-state index in [1.54, 1.807) is 0 Å². The number of ether oxygens (including phenoxy) is 1. The van der Waals surface area contributed by atoms with Crippen LogP contribution in [0, 0.1) is 6.92 Å². The Morgan fingerprint density at radius 3 is 2.76 bits per heavy atom. The Hall–Kier alpha value is -2.08. The topological polar surface area (TPSA) is 70.2 Å². The highest BCUT2D eigenvalue weighted by Gasteiger charge is 2.41. The molecule has 1 saturated carbocycles. The van der Waals surface area contributed by atoms with Crippen LogP contribution in [0.1, 0.15) is 75.0 Å². The first-order valence-electron chi connectivity index (χ1n) is 11.3. The highest BCUT2D eigenvalue weighted by atomic mass is 16.5. The molecule has 3 heterocycles. The lowest BCUT2D eigenvalue weighted by atomic mass is 9.83. The van der Waals surface area contributed by atoms with Gasteiger partial charge in [-0.05, 0) is 57.1 Å². The van der Waals surface area contributed by atoms with Crippen molar-refractivity contribution in [1.82, 2.24) is 20.4 Å². The number of rotatable bonds is 2. The molecular weight excluding hydrogens is 364 g/mol. The van der Waals surface area contributed by atoms with E-state index in [1.165, 1.54) is 35.9 Å². The van der Waals surface area contributed by atoms with E-state index in [2.05, 4.69) is 40.6 Å². The van der Waals surface area contributed by atoms with Crippen molar-refractivity contribution >= 4 is 16.9 Å². The van der Waals surface area contributed by atoms with Crippen molar-refractivity contribution in [1.29, 1.82) is 0 Å². The van der Waals surface area contributed by atoms with E-state index >= 15 is 0 Å². The fraction of sp³-hybridized carbons (Fsp3) is 0.652. The molecule has 1 spiro atoms. The second-order valence-corrected chi connectivity index (χ2v) is 9.26. The first-order valence-corrected chi connectivity index (χ1v) is 11.3. The van der Waals surface area contributed by atoms with Gasteiger partial charge in [-0.1, -0.05) is 31.4 Å². The SMILES string of the molecule is Cc1ccc2c(C3CCN(C(=O)NC4CCC5(CCCCC5)O4)CC3)[nH]nc2c1. The standard InChI is InChI=1S/C23H32N4O2/c1-16-5-6-18-19(15-16)25-26-21(18)17-8-13-27(14-9-17)22(28)24-20-7-12-23(29-20)10-3-2-4-11-23/h5-6,15,17,20H,2-4,7-14H2,1H3,(H,24,28)(H,25,26). The maximum absolute atomic E-state index is 12.8. The van der Waals surface area contributed by atoms with Crippen molar-refractivity contribution in [3.8, 4) is 0 Å². The minimum Gasteiger partial charge on any atom is -0.352 e. The Morgan fingerprint density at radius 1 is 1.17 bits per heavy atom. The fourth-order valence-corrected chi connectivity index (χ4v) is 5.53. The molecule has 2 N–H and O–H groups in total. The molecule has 2 saturated heterocycles. The summed E-state index contributed by atoms with van der Waals surface area (Å²) in [5.74, 6) is 0.431. The van der Waals surface area contributed by atoms with Gasteiger partial charge in [0.05, 0.1) is 11.1 Å². The summed E-state index contributed by atoms with van der Waals surface area (Å²) in [6.07, 6.45) is 10.0. The van der Waals surface area contributed by atoms with Crippen LogP contribution < -0.4 is 5.32 Å². The molecule has 2 aromatic rings. The Morgan fingerprint density at radius 2 is 1.97 bits per heavy atom. The highest BCUT2D eigenvalue weighted by Crippen LogP contribution is 2.41. The average Bonchev–Trinajstić information content (AvgIpc) is 3.32. The maximum Gasteiger partial charge on any atom is 0.319 e. The van der Waals surface area contributed by atoms with Gasteiger partial charge in [-0.15, -0.1) is 0 Å². The van der Waals surface area contributed by atoms with Gasteiger partial charge in [0.1, 0.15) is 6.23 Å². The number of carbonyl (C=O) groups excluding carboxylic acids is 1. The van der Waals surface area contributed by atoms with Crippen molar-refractivity contribution < 1.29 is 9.53 Å². The largest absolute Gasteiger partial charge is 0.352 e. The first kappa shape index (κ1) is 18.9. The van der Waals surface area contributed by atoms with Gasteiger partial charge >= 0.3 is 6.03 Å². The third-order valence-corrected chi connectivity index (χ3v) is 7.23. The van der Waals surface area contributed by atoms with Crippen LogP contribution in [0.25, 0.3) is 10.9 Å². The van der Waals surface area contributed by atoms with Crippen molar-refractivity contribution in [2.24, 2.45) is 0 Å². The van der Waals surface area contributed by atoms with Gasteiger partial charge in [0.15, 0.2) is 0 Å². The van der Waals surface area contributed by atoms with Gasteiger partial charge in [0.25, 0.3) is 0 Å². The highest BCUT2D eigenvalue weighted by molar-refractivity contribution is 5.82. The zero-order valence-corrected chi connectivity index (χ0v) is 17.4. The van der Waals surface area contributed by atoms with Crippen LogP contribution in [-0.2, 0) is 4.74 Å². The Balaban J connectivity index is 1.16. The summed E-state index contributed by atoms with van der Waals surface area (Å²) in [4.78, 5) is 14.7. The lowest BCUT2D eigenvalue weighted by Crippen LogP contribution is -2.48. The normalized spacial score (nSPS) is 25.0. The number of aromatic amines is 1. The Labute approximate surface area is 172 Å². The van der Waals surface area contributed by atoms with Crippen molar-refractivity contribution in [3.05, 3.63) is 29.5 Å². The second-order valence-electron chi connectivity index (χ2n) is 9.26. The molecule has 29 heavy (non-hydrogen) atoms. The molecule has 3 aliphatic rings. The molecule has 2 amide bonds. The zero-order chi connectivity index (χ0) is 19.8. The van der Waals surface area contributed by atoms with Crippen molar-refractivity contribution in [2.45, 2.75) is 82.5 Å². The quantitative estimate of drug-likeness (QED) is 0.779. The number of fused-ring (bicyclic) bond motifs is 1. The first-order chi connectivity index (χ1) is 14.1. The smallest absolute Gasteiger partial charge is 0.319 e. The number of likely N-dealkylation sites (tertiary alicyclic amines) is 1. The van der Waals surface area contributed by atoms with Gasteiger partial charge in [0.2, 0.25) is 0 Å². The average molecular weight is 397 g/mol. The van der Waals surface area contributed by atoms with Crippen LogP contribution in [0.15, 0.2) is 18.2 Å². The van der Waals surface area contributed by atoms with Crippen LogP contribution >= 0.6 is 0 Å². The molecule has 3 fully saturated rings. The van der Waals surface area contributed by atoms with E-state index in [-0.39, 0.29) is 17.9 Å². The summed E-state index contributed by atoms with van der Waals surface area (Å²) in [7, 11) is 0. The summed E-state index contributed by atoms with van der Waals surface area (Å²) >= 11 is 0. The molecule has 0 radical (unpaired) electrons. The summed E-state index contributed by atoms with van der Waals surface area (Å²) in [5, 5.41) is 12.1. The molecule has 1 aromatic heterocycles. The molecule has 1 aromatic carbocycles. The van der Waals surface area contributed by atoms with Crippen LogP contribution in [0.5, 0.6) is 0 Å². The number of piperidine rings is 1. The summed E-state index contributed by atoms with van der Waals surface area (Å²) in [5.41, 5.74) is 3.53. The van der Waals surface area contributed by atoms with Gasteiger partial charge in [-0.3, -0.25) is 5.10 Å². The lowest BCUT2D eigenvalue weighted by molar-refractivity contribution is -0.0709. The summed E-state index contributed by atoms with van der Waals surface area (Å²) in [6.45, 7) is 3.65. The fourth-order valence-electron chi connectivity index (χ4n) is 5.53. The number of amides is 2. The van der Waals surface area contributed by atoms with E-state index < -0.39 is 0 Å². The summed E-state index contributed by atoms with van der Waals surface area (Å²) < 4.78 is 6.32. The number of benzene rings is 1. The third kappa shape index (κ3) is 3.75. The molecule has 6 nitrogen and oxygen atoms in total. The number of hydrogen-bond acceptors (Lipinski definition) is 3. The number of H-pyrrole nitrogens is 1. The maximum atomic E-state index is 12.8. The van der Waals surface area contributed by atoms with Crippen LogP contribution in [0.2, 0.25) is 0 Å². The molecule has 5 rings (SSSR count).